The average Bonchev–Trinajstić information content (AvgIpc) is 2.85. The summed E-state index contributed by atoms with van der Waals surface area (Å²) in [7, 11) is 3.33. The Morgan fingerprint density at radius 3 is 2.26 bits per heavy atom. The number of benzene rings is 1. The maximum Gasteiger partial charge on any atom is 0.251 e. The van der Waals surface area contributed by atoms with Gasteiger partial charge in [-0.05, 0) is 70.2 Å². The molecule has 0 aromatic heterocycles. The summed E-state index contributed by atoms with van der Waals surface area (Å²) in [6.45, 7) is 4.05. The van der Waals surface area contributed by atoms with Gasteiger partial charge >= 0.3 is 0 Å². The van der Waals surface area contributed by atoms with Crippen LogP contribution in [0.3, 0.4) is 0 Å². The van der Waals surface area contributed by atoms with Gasteiger partial charge in [0.05, 0.1) is 11.8 Å². The van der Waals surface area contributed by atoms with Crippen molar-refractivity contribution in [3.05, 3.63) is 35.4 Å². The minimum atomic E-state index is -0.365. The van der Waals surface area contributed by atoms with Crippen LogP contribution in [0, 0.1) is 0 Å². The van der Waals surface area contributed by atoms with Crippen LogP contribution in [0.25, 0.3) is 0 Å². The fourth-order valence-electron chi connectivity index (χ4n) is 3.25. The molecular formula is C25H41N5O5. The van der Waals surface area contributed by atoms with Gasteiger partial charge in [-0.3, -0.25) is 14.4 Å². The van der Waals surface area contributed by atoms with Gasteiger partial charge in [0.15, 0.2) is 0 Å². The molecule has 10 heteroatoms. The van der Waals surface area contributed by atoms with Gasteiger partial charge in [-0.2, -0.15) is 0 Å². The number of hydrogen-bond donors (Lipinski definition) is 4. The average molecular weight is 492 g/mol. The number of unbranched alkanes of at least 4 members (excludes halogenated alkanes) is 2. The molecule has 3 amide bonds. The lowest BCUT2D eigenvalue weighted by atomic mass is 10.1. The molecule has 1 atom stereocenters. The van der Waals surface area contributed by atoms with Crippen molar-refractivity contribution in [2.45, 2.75) is 57.9 Å². The standard InChI is InChI=1S/C25H41N5O5/c1-19(30-35-18-7-6-15-28-23(31)10-8-17-34-3)20-11-13-21(14-12-20)25(33)29-16-5-4-9-22(27-2)24(26)32/h11-14,22,27H,4-10,15-18H2,1-3H3,(H2,26,32)(H,28,31)(H,29,33)/b30-19+/t22-/m0/s1. The fraction of sp³-hybridized carbons (Fsp3) is 0.600. The van der Waals surface area contributed by atoms with Crippen molar-refractivity contribution in [3.63, 3.8) is 0 Å². The molecule has 0 aliphatic rings. The second-order valence-corrected chi connectivity index (χ2v) is 8.24. The molecule has 0 spiro atoms. The third-order valence-corrected chi connectivity index (χ3v) is 5.40. The third-order valence-electron chi connectivity index (χ3n) is 5.40. The molecule has 0 fully saturated rings. The summed E-state index contributed by atoms with van der Waals surface area (Å²) >= 11 is 0. The van der Waals surface area contributed by atoms with Crippen molar-refractivity contribution in [1.82, 2.24) is 16.0 Å². The Labute approximate surface area is 208 Å². The number of hydrogen-bond acceptors (Lipinski definition) is 7. The maximum atomic E-state index is 12.3. The third kappa shape index (κ3) is 13.5. The van der Waals surface area contributed by atoms with E-state index in [4.69, 9.17) is 15.3 Å². The van der Waals surface area contributed by atoms with Gasteiger partial charge in [0.2, 0.25) is 11.8 Å². The summed E-state index contributed by atoms with van der Waals surface area (Å²) < 4.78 is 4.93. The van der Waals surface area contributed by atoms with E-state index in [1.54, 1.807) is 26.3 Å². The zero-order valence-corrected chi connectivity index (χ0v) is 21.2. The van der Waals surface area contributed by atoms with Gasteiger partial charge in [-0.25, -0.2) is 0 Å². The van der Waals surface area contributed by atoms with Crippen LogP contribution in [-0.2, 0) is 19.2 Å². The molecule has 0 radical (unpaired) electrons. The Hall–Kier alpha value is -2.98. The number of carbonyl (C=O) groups excluding carboxylic acids is 3. The Morgan fingerprint density at radius 1 is 0.943 bits per heavy atom. The minimum absolute atomic E-state index is 0.0387. The van der Waals surface area contributed by atoms with E-state index in [0.717, 1.165) is 43.4 Å². The van der Waals surface area contributed by atoms with Gasteiger partial charge in [0, 0.05) is 38.8 Å². The van der Waals surface area contributed by atoms with Gasteiger partial charge in [0.1, 0.15) is 6.61 Å². The predicted molar refractivity (Wildman–Crippen MR) is 136 cm³/mol. The summed E-state index contributed by atoms with van der Waals surface area (Å²) in [6, 6.07) is 6.84. The topological polar surface area (TPSA) is 144 Å². The van der Waals surface area contributed by atoms with Crippen molar-refractivity contribution in [1.29, 1.82) is 0 Å². The number of carbonyl (C=O) groups is 3. The Bertz CT molecular complexity index is 798. The van der Waals surface area contributed by atoms with E-state index in [-0.39, 0.29) is 23.8 Å². The monoisotopic (exact) mass is 491 g/mol. The Balaban J connectivity index is 2.24. The van der Waals surface area contributed by atoms with E-state index in [9.17, 15) is 14.4 Å². The van der Waals surface area contributed by atoms with Crippen LogP contribution < -0.4 is 21.7 Å². The van der Waals surface area contributed by atoms with Gasteiger partial charge in [-0.1, -0.05) is 17.3 Å². The van der Waals surface area contributed by atoms with Crippen LogP contribution in [0.2, 0.25) is 0 Å². The summed E-state index contributed by atoms with van der Waals surface area (Å²) in [5.41, 5.74) is 7.45. The first-order valence-corrected chi connectivity index (χ1v) is 12.2. The molecule has 0 aliphatic carbocycles. The number of rotatable bonds is 19. The molecule has 35 heavy (non-hydrogen) atoms. The minimum Gasteiger partial charge on any atom is -0.396 e. The molecule has 10 nitrogen and oxygen atoms in total. The number of nitrogens with two attached hydrogens (primary N) is 1. The molecule has 0 saturated carbocycles. The molecule has 0 bridgehead atoms. The van der Waals surface area contributed by atoms with Crippen LogP contribution in [0.15, 0.2) is 29.4 Å². The van der Waals surface area contributed by atoms with E-state index in [2.05, 4.69) is 21.1 Å². The first-order valence-electron chi connectivity index (χ1n) is 12.2. The quantitative estimate of drug-likeness (QED) is 0.132. The van der Waals surface area contributed by atoms with Gasteiger partial charge < -0.3 is 31.3 Å². The van der Waals surface area contributed by atoms with Crippen molar-refractivity contribution < 1.29 is 24.0 Å². The van der Waals surface area contributed by atoms with Gasteiger partial charge in [0.25, 0.3) is 5.91 Å². The van der Waals surface area contributed by atoms with Crippen LogP contribution >= 0.6 is 0 Å². The summed E-state index contributed by atoms with van der Waals surface area (Å²) in [5, 5.41) is 12.8. The molecule has 5 N–H and O–H groups in total. The highest BCUT2D eigenvalue weighted by Gasteiger charge is 2.12. The number of nitrogens with zero attached hydrogens (tertiary/aromatic N) is 1. The smallest absolute Gasteiger partial charge is 0.251 e. The molecule has 196 valence electrons. The molecule has 1 aromatic carbocycles. The predicted octanol–water partition coefficient (Wildman–Crippen LogP) is 1.72. The van der Waals surface area contributed by atoms with Crippen LogP contribution in [0.4, 0.5) is 0 Å². The second-order valence-electron chi connectivity index (χ2n) is 8.24. The summed E-state index contributed by atoms with van der Waals surface area (Å²) in [5.74, 6) is -0.471. The van der Waals surface area contributed by atoms with Crippen molar-refractivity contribution in [2.75, 3.05) is 40.5 Å². The zero-order chi connectivity index (χ0) is 25.9. The second kappa shape index (κ2) is 18.4. The fourth-order valence-corrected chi connectivity index (χ4v) is 3.25. The zero-order valence-electron chi connectivity index (χ0n) is 21.2. The largest absolute Gasteiger partial charge is 0.396 e. The number of primary amides is 1. The number of likely N-dealkylation sites (N-methyl/N-ethyl adjacent to an activating group) is 1. The molecule has 0 saturated heterocycles. The van der Waals surface area contributed by atoms with Crippen LogP contribution in [-0.4, -0.2) is 69.9 Å². The number of nitrogens with one attached hydrogen (secondary N) is 3. The molecule has 0 heterocycles. The van der Waals surface area contributed by atoms with Crippen molar-refractivity contribution >= 4 is 23.4 Å². The van der Waals surface area contributed by atoms with Crippen LogP contribution in [0.1, 0.15) is 67.8 Å². The van der Waals surface area contributed by atoms with E-state index in [0.29, 0.717) is 44.7 Å². The molecule has 0 unspecified atom stereocenters. The number of methoxy groups -OCH3 is 1. The molecular weight excluding hydrogens is 450 g/mol. The summed E-state index contributed by atoms with van der Waals surface area (Å²) in [6.07, 6.45) is 4.99. The normalized spacial score (nSPS) is 12.1. The number of oxime groups is 1. The number of amides is 3. The lowest BCUT2D eigenvalue weighted by Gasteiger charge is -2.12. The van der Waals surface area contributed by atoms with Crippen molar-refractivity contribution in [2.24, 2.45) is 10.9 Å². The first-order chi connectivity index (χ1) is 16.9. The first kappa shape index (κ1) is 30.1. The lowest BCUT2D eigenvalue weighted by molar-refractivity contribution is -0.121. The maximum absolute atomic E-state index is 12.3. The van der Waals surface area contributed by atoms with E-state index < -0.39 is 0 Å². The lowest BCUT2D eigenvalue weighted by Crippen LogP contribution is -2.39. The number of ether oxygens (including phenoxy) is 1. The Morgan fingerprint density at radius 2 is 1.60 bits per heavy atom. The van der Waals surface area contributed by atoms with E-state index in [1.165, 1.54) is 0 Å². The van der Waals surface area contributed by atoms with E-state index >= 15 is 0 Å². The van der Waals surface area contributed by atoms with Gasteiger partial charge in [-0.15, -0.1) is 0 Å². The van der Waals surface area contributed by atoms with Crippen LogP contribution in [0.5, 0.6) is 0 Å². The molecule has 0 aliphatic heterocycles. The summed E-state index contributed by atoms with van der Waals surface area (Å²) in [4.78, 5) is 40.5. The Kier molecular flexibility index (Phi) is 15.8. The highest BCUT2D eigenvalue weighted by Crippen LogP contribution is 2.07. The van der Waals surface area contributed by atoms with Crippen molar-refractivity contribution in [3.8, 4) is 0 Å². The van der Waals surface area contributed by atoms with E-state index in [1.807, 2.05) is 19.1 Å². The molecule has 1 rings (SSSR count). The highest BCUT2D eigenvalue weighted by molar-refractivity contribution is 6.00. The molecule has 1 aromatic rings. The SMILES string of the molecule is CN[C@@H](CCCCNC(=O)c1ccc(/C(C)=N/OCCCCNC(=O)CCCOC)cc1)C(N)=O. The highest BCUT2D eigenvalue weighted by atomic mass is 16.6.